The molecule has 4 nitrogen and oxygen atoms in total. The fourth-order valence-corrected chi connectivity index (χ4v) is 11.9. The zero-order valence-electron chi connectivity index (χ0n) is 39.1. The molecule has 0 radical (unpaired) electrons. The number of hydrogen-bond donors (Lipinski definition) is 0. The summed E-state index contributed by atoms with van der Waals surface area (Å²) in [6.07, 6.45) is 3.98. The number of fused-ring (bicyclic) bond motifs is 12. The number of benzene rings is 6. The van der Waals surface area contributed by atoms with Crippen LogP contribution in [0.2, 0.25) is 25.7 Å². The highest BCUT2D eigenvalue weighted by atomic mass is 28.3. The van der Waals surface area contributed by atoms with Gasteiger partial charge in [-0.1, -0.05) is 145 Å². The summed E-state index contributed by atoms with van der Waals surface area (Å²) >= 11 is 0. The molecular weight excluding hydrogens is 795 g/mol. The van der Waals surface area contributed by atoms with Crippen LogP contribution < -0.4 is 4.57 Å². The number of imidazole rings is 1. The molecule has 0 aliphatic carbocycles. The third kappa shape index (κ3) is 7.04. The zero-order valence-corrected chi connectivity index (χ0v) is 40.1. The number of para-hydroxylation sites is 2. The number of aryl methyl sites for hydroxylation is 2. The van der Waals surface area contributed by atoms with Crippen molar-refractivity contribution in [3.63, 3.8) is 0 Å². The minimum absolute atomic E-state index is 0.101. The first-order valence-corrected chi connectivity index (χ1v) is 27.3. The molecule has 4 heterocycles. The predicted molar refractivity (Wildman–Crippen MR) is 273 cm³/mol. The fraction of sp³-hybridized carbons (Fsp3) is 0.288. The Morgan fingerprint density at radius 3 is 2.20 bits per heavy atom. The molecule has 0 fully saturated rings. The van der Waals surface area contributed by atoms with E-state index in [1.54, 1.807) is 0 Å². The first kappa shape index (κ1) is 41.9. The monoisotopic (exact) mass is 857 g/mol. The molecule has 0 bridgehead atoms. The van der Waals surface area contributed by atoms with Gasteiger partial charge in [-0.15, -0.1) is 0 Å². The number of hydrogen-bond acceptors (Lipinski definition) is 1. The van der Waals surface area contributed by atoms with E-state index in [4.69, 9.17) is 11.0 Å². The van der Waals surface area contributed by atoms with E-state index in [1.807, 2.05) is 0 Å². The summed E-state index contributed by atoms with van der Waals surface area (Å²) < 4.78 is 15.2. The van der Waals surface area contributed by atoms with Gasteiger partial charge in [-0.25, -0.2) is 9.14 Å². The van der Waals surface area contributed by atoms with Crippen molar-refractivity contribution in [2.75, 3.05) is 6.54 Å². The van der Waals surface area contributed by atoms with Gasteiger partial charge in [-0.2, -0.15) is 4.57 Å². The summed E-state index contributed by atoms with van der Waals surface area (Å²) in [4.78, 5) is 0. The van der Waals surface area contributed by atoms with Crippen LogP contribution in [0.4, 0.5) is 0 Å². The number of allylic oxidation sites excluding steroid dienone is 1. The molecule has 0 amide bonds. The van der Waals surface area contributed by atoms with E-state index < -0.39 is 8.07 Å². The van der Waals surface area contributed by atoms with Crippen molar-refractivity contribution in [1.29, 1.82) is 0 Å². The highest BCUT2D eigenvalue weighted by Gasteiger charge is 2.45. The number of furan rings is 1. The van der Waals surface area contributed by atoms with E-state index in [0.717, 1.165) is 47.1 Å². The second-order valence-electron chi connectivity index (χ2n) is 20.4. The largest absolute Gasteiger partial charge is 0.455 e. The van der Waals surface area contributed by atoms with E-state index in [1.165, 1.54) is 84.1 Å². The Morgan fingerprint density at radius 1 is 0.797 bits per heavy atom. The van der Waals surface area contributed by atoms with Crippen molar-refractivity contribution in [2.45, 2.75) is 103 Å². The van der Waals surface area contributed by atoms with Crippen molar-refractivity contribution in [3.05, 3.63) is 180 Å². The van der Waals surface area contributed by atoms with Crippen LogP contribution >= 0.6 is 0 Å². The van der Waals surface area contributed by atoms with Crippen LogP contribution in [0.25, 0.3) is 61.2 Å². The molecule has 2 aliphatic rings. The lowest BCUT2D eigenvalue weighted by molar-refractivity contribution is -0.658. The minimum atomic E-state index is -1.41. The maximum atomic E-state index is 7.21. The summed E-state index contributed by atoms with van der Waals surface area (Å²) in [5.74, 6) is 1.92. The topological polar surface area (TPSA) is 25.0 Å². The molecule has 10 rings (SSSR count). The molecule has 8 aromatic rings. The number of rotatable bonds is 8. The molecular formula is C59H63N3OSi+2. The lowest BCUT2D eigenvalue weighted by Crippen LogP contribution is -2.48. The molecule has 2 atom stereocenters. The quantitative estimate of drug-likeness (QED) is 0.0849. The Kier molecular flexibility index (Phi) is 10.6. The molecule has 2 unspecified atom stereocenters. The van der Waals surface area contributed by atoms with Crippen molar-refractivity contribution in [1.82, 2.24) is 4.57 Å². The first-order chi connectivity index (χ1) is 30.8. The van der Waals surface area contributed by atoms with E-state index >= 15 is 0 Å². The van der Waals surface area contributed by atoms with Crippen molar-refractivity contribution >= 4 is 46.8 Å². The van der Waals surface area contributed by atoms with Crippen LogP contribution in [-0.2, 0) is 13.0 Å². The van der Waals surface area contributed by atoms with Gasteiger partial charge in [0.05, 0.1) is 14.0 Å². The highest BCUT2D eigenvalue weighted by molar-refractivity contribution is 6.76. The van der Waals surface area contributed by atoms with Crippen LogP contribution in [0.15, 0.2) is 151 Å². The molecule has 2 aromatic heterocycles. The minimum Gasteiger partial charge on any atom is -0.455 e. The average molecular weight is 858 g/mol. The molecule has 322 valence electrons. The second kappa shape index (κ2) is 16.2. The van der Waals surface area contributed by atoms with Crippen LogP contribution in [0, 0.1) is 6.92 Å². The summed E-state index contributed by atoms with van der Waals surface area (Å²) in [7, 11) is -1.41. The molecule has 0 saturated heterocycles. The van der Waals surface area contributed by atoms with E-state index in [2.05, 4.69) is 202 Å². The van der Waals surface area contributed by atoms with Gasteiger partial charge in [0, 0.05) is 45.2 Å². The van der Waals surface area contributed by atoms with Gasteiger partial charge in [0.2, 0.25) is 5.71 Å². The molecule has 0 N–H and O–H groups in total. The third-order valence-electron chi connectivity index (χ3n) is 14.2. The second-order valence-corrected chi connectivity index (χ2v) is 26.0. The van der Waals surface area contributed by atoms with Gasteiger partial charge in [0.15, 0.2) is 22.7 Å². The van der Waals surface area contributed by atoms with Gasteiger partial charge in [0.1, 0.15) is 29.9 Å². The fourth-order valence-electron chi connectivity index (χ4n) is 11.0. The van der Waals surface area contributed by atoms with E-state index in [9.17, 15) is 0 Å². The predicted octanol–water partition coefficient (Wildman–Crippen LogP) is 14.7. The van der Waals surface area contributed by atoms with Crippen LogP contribution in [0.1, 0.15) is 85.3 Å². The van der Waals surface area contributed by atoms with Crippen LogP contribution in [0.3, 0.4) is 0 Å². The van der Waals surface area contributed by atoms with Gasteiger partial charge >= 0.3 is 0 Å². The summed E-state index contributed by atoms with van der Waals surface area (Å²) in [5.41, 5.74) is 19.6. The van der Waals surface area contributed by atoms with Gasteiger partial charge in [-0.3, -0.25) is 0 Å². The van der Waals surface area contributed by atoms with E-state index in [0.29, 0.717) is 6.54 Å². The Balaban J connectivity index is 1.33. The molecule has 0 saturated carbocycles. The standard InChI is InChI=1S/C59H63N3OSi/c1-11-51-45-22-16-15-21-44(45)47-29-26-42-27-30-48-46-28-25-39(6)33-54(46)63-58(48)55(42)59-61(36-40(7)56(47)60(51)31-32-64(8,9)10)52-23-17-18-24-53(52)62(59)57-49(37(2)3)34-43(35-50(57)38(4)5)41-19-13-12-14-20-41/h11-25,27-28,30,33-35,37-38,47,56H,1,7,26,29,31-32,36H2,2-6,8-10H3/q+2. The molecule has 0 spiro atoms. The molecule has 6 aromatic carbocycles. The van der Waals surface area contributed by atoms with Gasteiger partial charge < -0.3 is 4.42 Å². The summed E-state index contributed by atoms with van der Waals surface area (Å²) in [6.45, 7) is 30.3. The van der Waals surface area contributed by atoms with E-state index in [-0.39, 0.29) is 23.8 Å². The SMILES string of the molecule is C=CC1=[N+](CC[Si](C)(C)C)C2C(=C)C[n+]3c(n(-c4c(C(C)C)cc(-c5ccccc5)cc4C(C)C)c4ccccc43)-c3c(ccc4c3oc3cc(C)ccc34)CCC2c2ccccc21. The third-order valence-corrected chi connectivity index (χ3v) is 15.9. The molecule has 5 heteroatoms. The van der Waals surface area contributed by atoms with Crippen LogP contribution in [-0.4, -0.2) is 35.5 Å². The van der Waals surface area contributed by atoms with Gasteiger partial charge in [0.25, 0.3) is 5.82 Å². The van der Waals surface area contributed by atoms with Crippen molar-refractivity contribution in [3.8, 4) is 28.2 Å². The summed E-state index contributed by atoms with van der Waals surface area (Å²) in [6, 6.07) is 46.8. The zero-order chi connectivity index (χ0) is 44.6. The lowest BCUT2D eigenvalue weighted by Gasteiger charge is -2.34. The number of aromatic nitrogens is 2. The van der Waals surface area contributed by atoms with Gasteiger partial charge in [-0.05, 0) is 95.8 Å². The first-order valence-electron chi connectivity index (χ1n) is 23.6. The lowest BCUT2D eigenvalue weighted by atomic mass is 9.76. The normalized spacial score (nSPS) is 16.7. The Labute approximate surface area is 380 Å². The smallest absolute Gasteiger partial charge is 0.299 e. The Hall–Kier alpha value is -6.04. The molecule has 2 aliphatic heterocycles. The molecule has 64 heavy (non-hydrogen) atoms. The number of nitrogens with zero attached hydrogens (tertiary/aromatic N) is 3. The summed E-state index contributed by atoms with van der Waals surface area (Å²) in [5, 5.41) is 2.31. The maximum absolute atomic E-state index is 7.21. The Morgan fingerprint density at radius 2 is 1.48 bits per heavy atom. The van der Waals surface area contributed by atoms with Crippen molar-refractivity contribution < 1.29 is 13.6 Å². The average Bonchev–Trinajstić information content (AvgIpc) is 3.80. The Bertz CT molecular complexity index is 3160. The van der Waals surface area contributed by atoms with Crippen molar-refractivity contribution in [2.24, 2.45) is 0 Å². The van der Waals surface area contributed by atoms with Crippen LogP contribution in [0.5, 0.6) is 0 Å². The highest BCUT2D eigenvalue weighted by Crippen LogP contribution is 2.46. The maximum Gasteiger partial charge on any atom is 0.299 e.